The van der Waals surface area contributed by atoms with Gasteiger partial charge in [0.05, 0.1) is 0 Å². The van der Waals surface area contributed by atoms with Crippen molar-refractivity contribution >= 4 is 0 Å². The summed E-state index contributed by atoms with van der Waals surface area (Å²) in [5, 5.41) is 0. The molecule has 3 fully saturated rings. The molecule has 0 aromatic heterocycles. The maximum atomic E-state index is 2.76. The van der Waals surface area contributed by atoms with Crippen LogP contribution in [0.25, 0.3) is 0 Å². The number of rotatable bonds is 8. The first-order valence-electron chi connectivity index (χ1n) is 19.9. The van der Waals surface area contributed by atoms with Gasteiger partial charge in [0.1, 0.15) is 0 Å². The van der Waals surface area contributed by atoms with E-state index in [1.54, 1.807) is 22.3 Å². The van der Waals surface area contributed by atoms with Crippen molar-refractivity contribution < 1.29 is 0 Å². The molecule has 3 saturated carbocycles. The van der Waals surface area contributed by atoms with Crippen molar-refractivity contribution in [2.24, 2.45) is 5.92 Å². The van der Waals surface area contributed by atoms with E-state index in [9.17, 15) is 0 Å². The van der Waals surface area contributed by atoms with Crippen LogP contribution in [0.15, 0.2) is 60.7 Å². The third kappa shape index (κ3) is 7.94. The lowest BCUT2D eigenvalue weighted by Gasteiger charge is -2.39. The molecule has 0 heterocycles. The Kier molecular flexibility index (Phi) is 10.8. The van der Waals surface area contributed by atoms with Crippen molar-refractivity contribution in [2.45, 2.75) is 179 Å². The van der Waals surface area contributed by atoms with E-state index in [0.29, 0.717) is 11.8 Å². The van der Waals surface area contributed by atoms with Crippen molar-refractivity contribution in [2.75, 3.05) is 0 Å². The molecule has 254 valence electrons. The van der Waals surface area contributed by atoms with Crippen molar-refractivity contribution in [3.8, 4) is 0 Å². The van der Waals surface area contributed by atoms with Crippen molar-refractivity contribution in [1.29, 1.82) is 0 Å². The number of hydrogen-bond donors (Lipinski definition) is 0. The van der Waals surface area contributed by atoms with E-state index in [-0.39, 0.29) is 10.8 Å². The van der Waals surface area contributed by atoms with Crippen LogP contribution in [0.1, 0.15) is 206 Å². The van der Waals surface area contributed by atoms with Crippen molar-refractivity contribution in [3.63, 3.8) is 0 Å². The highest BCUT2D eigenvalue weighted by molar-refractivity contribution is 5.45. The van der Waals surface area contributed by atoms with Crippen molar-refractivity contribution in [1.82, 2.24) is 0 Å². The first-order chi connectivity index (χ1) is 22.5. The largest absolute Gasteiger partial charge is 0.0582 e. The molecule has 3 aromatic carbocycles. The molecule has 3 atom stereocenters. The fourth-order valence-electron chi connectivity index (χ4n) is 10.0. The minimum Gasteiger partial charge on any atom is -0.0582 e. The SMILES string of the molecule is Cc1c(C2CCCCC2)cc(C2CCCCC2)cc1C1CCCCC1CC(C)(C)c1ccc(C(C)c2ccc(C(C)(C)C)cc2)cc1. The molecule has 0 spiro atoms. The minimum atomic E-state index is 0.164. The Morgan fingerprint density at radius 2 is 1.06 bits per heavy atom. The lowest BCUT2D eigenvalue weighted by atomic mass is 9.65. The van der Waals surface area contributed by atoms with Crippen LogP contribution in [0.2, 0.25) is 0 Å². The predicted molar refractivity (Wildman–Crippen MR) is 204 cm³/mol. The molecule has 0 N–H and O–H groups in total. The third-order valence-electron chi connectivity index (χ3n) is 13.2. The summed E-state index contributed by atoms with van der Waals surface area (Å²) < 4.78 is 0. The average molecular weight is 631 g/mol. The van der Waals surface area contributed by atoms with Crippen LogP contribution in [-0.4, -0.2) is 0 Å². The summed E-state index contributed by atoms with van der Waals surface area (Å²) >= 11 is 0. The van der Waals surface area contributed by atoms with Gasteiger partial charge in [-0.05, 0) is 131 Å². The van der Waals surface area contributed by atoms with E-state index in [4.69, 9.17) is 0 Å². The maximum absolute atomic E-state index is 2.76. The Labute approximate surface area is 289 Å². The summed E-state index contributed by atoms with van der Waals surface area (Å²) in [7, 11) is 0. The summed E-state index contributed by atoms with van der Waals surface area (Å²) in [4.78, 5) is 0. The van der Waals surface area contributed by atoms with Crippen LogP contribution in [-0.2, 0) is 10.8 Å². The average Bonchev–Trinajstić information content (AvgIpc) is 3.09. The quantitative estimate of drug-likeness (QED) is 0.232. The Morgan fingerprint density at radius 3 is 1.64 bits per heavy atom. The molecule has 3 aromatic rings. The highest BCUT2D eigenvalue weighted by Crippen LogP contribution is 2.48. The second kappa shape index (κ2) is 14.6. The summed E-state index contributed by atoms with van der Waals surface area (Å²) in [5.74, 6) is 3.47. The number of hydrogen-bond acceptors (Lipinski definition) is 0. The lowest BCUT2D eigenvalue weighted by molar-refractivity contribution is 0.243. The monoisotopic (exact) mass is 631 g/mol. The van der Waals surface area contributed by atoms with Crippen LogP contribution in [0.4, 0.5) is 0 Å². The van der Waals surface area contributed by atoms with E-state index >= 15 is 0 Å². The van der Waals surface area contributed by atoms with Gasteiger partial charge >= 0.3 is 0 Å². The molecule has 0 amide bonds. The highest BCUT2D eigenvalue weighted by atomic mass is 14.4. The van der Waals surface area contributed by atoms with E-state index in [0.717, 1.165) is 17.8 Å². The first-order valence-corrected chi connectivity index (χ1v) is 19.9. The minimum absolute atomic E-state index is 0.164. The second-order valence-electron chi connectivity index (χ2n) is 17.9. The van der Waals surface area contributed by atoms with Gasteiger partial charge in [0.15, 0.2) is 0 Å². The number of benzene rings is 3. The Bertz CT molecular complexity index is 1430. The van der Waals surface area contributed by atoms with Gasteiger partial charge in [0, 0.05) is 5.92 Å². The van der Waals surface area contributed by atoms with Gasteiger partial charge in [-0.1, -0.05) is 154 Å². The summed E-state index contributed by atoms with van der Waals surface area (Å²) in [6, 6.07) is 24.6. The molecule has 0 bridgehead atoms. The topological polar surface area (TPSA) is 0 Å². The standard InChI is InChI=1S/C47H66/c1-33(35-22-26-41(27-23-35)46(3,4)5)36-24-28-42(29-25-36)47(6,7)32-39-20-14-15-21-43(39)45-31-40(37-16-10-8-11-17-37)30-44(34(45)2)38-18-12-9-13-19-38/h22-31,33,37-39,43H,8-21,32H2,1-7H3. The third-order valence-corrected chi connectivity index (χ3v) is 13.2. The van der Waals surface area contributed by atoms with Gasteiger partial charge in [0.25, 0.3) is 0 Å². The highest BCUT2D eigenvalue weighted by Gasteiger charge is 2.35. The molecule has 3 unspecified atom stereocenters. The molecule has 3 aliphatic carbocycles. The molecular weight excluding hydrogens is 565 g/mol. The fourth-order valence-corrected chi connectivity index (χ4v) is 10.0. The van der Waals surface area contributed by atoms with Crippen LogP contribution in [0.5, 0.6) is 0 Å². The van der Waals surface area contributed by atoms with Crippen molar-refractivity contribution in [3.05, 3.63) is 105 Å². The molecule has 6 rings (SSSR count). The summed E-state index contributed by atoms with van der Waals surface area (Å²) in [6.45, 7) is 16.8. The molecule has 0 saturated heterocycles. The van der Waals surface area contributed by atoms with Gasteiger partial charge in [-0.15, -0.1) is 0 Å². The molecule has 0 radical (unpaired) electrons. The Hall–Kier alpha value is -2.34. The maximum Gasteiger partial charge on any atom is 0.00610 e. The Morgan fingerprint density at radius 1 is 0.574 bits per heavy atom. The van der Waals surface area contributed by atoms with E-state index in [1.807, 2.05) is 0 Å². The fraction of sp³-hybridized carbons (Fsp3) is 0.617. The summed E-state index contributed by atoms with van der Waals surface area (Å²) in [6.07, 6.45) is 21.1. The van der Waals surface area contributed by atoms with Gasteiger partial charge < -0.3 is 0 Å². The van der Waals surface area contributed by atoms with E-state index in [1.165, 1.54) is 119 Å². The zero-order valence-electron chi connectivity index (χ0n) is 31.3. The first kappa shape index (κ1) is 34.5. The molecule has 0 nitrogen and oxygen atoms in total. The molecule has 47 heavy (non-hydrogen) atoms. The molecule has 0 heteroatoms. The van der Waals surface area contributed by atoms with Gasteiger partial charge in [0.2, 0.25) is 0 Å². The van der Waals surface area contributed by atoms with Crippen LogP contribution in [0, 0.1) is 12.8 Å². The van der Waals surface area contributed by atoms with Gasteiger partial charge in [-0.3, -0.25) is 0 Å². The van der Waals surface area contributed by atoms with Gasteiger partial charge in [-0.2, -0.15) is 0 Å². The van der Waals surface area contributed by atoms with Crippen LogP contribution in [0.3, 0.4) is 0 Å². The Balaban J connectivity index is 1.23. The second-order valence-corrected chi connectivity index (χ2v) is 17.9. The predicted octanol–water partition coefficient (Wildman–Crippen LogP) is 14.2. The zero-order valence-corrected chi connectivity index (χ0v) is 31.3. The molecular formula is C47H66. The smallest absolute Gasteiger partial charge is 0.00610 e. The normalized spacial score (nSPS) is 22.7. The zero-order chi connectivity index (χ0) is 33.2. The molecule has 3 aliphatic rings. The van der Waals surface area contributed by atoms with E-state index < -0.39 is 0 Å². The lowest BCUT2D eigenvalue weighted by Crippen LogP contribution is -2.28. The van der Waals surface area contributed by atoms with Crippen LogP contribution >= 0.6 is 0 Å². The van der Waals surface area contributed by atoms with Gasteiger partial charge in [-0.25, -0.2) is 0 Å². The van der Waals surface area contributed by atoms with E-state index in [2.05, 4.69) is 109 Å². The van der Waals surface area contributed by atoms with Crippen LogP contribution < -0.4 is 0 Å². The molecule has 0 aliphatic heterocycles. The summed E-state index contributed by atoms with van der Waals surface area (Å²) in [5.41, 5.74) is 13.0.